The second kappa shape index (κ2) is 4.76. The Labute approximate surface area is 125 Å². The van der Waals surface area contributed by atoms with Gasteiger partial charge in [0.05, 0.1) is 23.2 Å². The van der Waals surface area contributed by atoms with Crippen molar-refractivity contribution in [1.82, 2.24) is 14.3 Å². The number of nitrogens with zero attached hydrogens (tertiary/aromatic N) is 3. The molecule has 3 aromatic rings. The number of hydrogen-bond donors (Lipinski definition) is 2. The summed E-state index contributed by atoms with van der Waals surface area (Å²) in [5.41, 5.74) is 8.17. The van der Waals surface area contributed by atoms with Gasteiger partial charge >= 0.3 is 0 Å². The topological polar surface area (TPSA) is 108 Å². The van der Waals surface area contributed by atoms with Crippen LogP contribution in [0, 0.1) is 6.92 Å². The fourth-order valence-corrected chi connectivity index (χ4v) is 2.54. The van der Waals surface area contributed by atoms with E-state index in [0.29, 0.717) is 22.7 Å². The number of anilines is 1. The quantitative estimate of drug-likeness (QED) is 0.756. The van der Waals surface area contributed by atoms with Crippen LogP contribution in [-0.4, -0.2) is 26.2 Å². The highest BCUT2D eigenvalue weighted by molar-refractivity contribution is 6.09. The van der Waals surface area contributed by atoms with Gasteiger partial charge in [0.25, 0.3) is 11.8 Å². The van der Waals surface area contributed by atoms with Crippen LogP contribution in [0.15, 0.2) is 22.8 Å². The summed E-state index contributed by atoms with van der Waals surface area (Å²) in [4.78, 5) is 24.0. The van der Waals surface area contributed by atoms with E-state index in [0.717, 1.165) is 5.52 Å². The van der Waals surface area contributed by atoms with Crippen molar-refractivity contribution >= 4 is 28.6 Å². The Hall–Kier alpha value is -3.03. The summed E-state index contributed by atoms with van der Waals surface area (Å²) >= 11 is 0. The Bertz CT molecular complexity index is 899. The predicted octanol–water partition coefficient (Wildman–Crippen LogP) is 1.16. The lowest BCUT2D eigenvalue weighted by molar-refractivity contribution is 0.0992. The van der Waals surface area contributed by atoms with Gasteiger partial charge in [-0.25, -0.2) is 0 Å². The maximum Gasteiger partial charge on any atom is 0.272 e. The largest absolute Gasteiger partial charge is 0.463 e. The van der Waals surface area contributed by atoms with E-state index in [4.69, 9.17) is 10.2 Å². The second-order valence-corrected chi connectivity index (χ2v) is 5.01. The zero-order valence-corrected chi connectivity index (χ0v) is 12.4. The van der Waals surface area contributed by atoms with Gasteiger partial charge in [-0.15, -0.1) is 0 Å². The van der Waals surface area contributed by atoms with Gasteiger partial charge in [0.1, 0.15) is 11.4 Å². The Morgan fingerprint density at radius 2 is 2.09 bits per heavy atom. The van der Waals surface area contributed by atoms with Crippen molar-refractivity contribution in [3.8, 4) is 0 Å². The molecule has 2 amide bonds. The van der Waals surface area contributed by atoms with Crippen LogP contribution in [0.2, 0.25) is 0 Å². The van der Waals surface area contributed by atoms with E-state index >= 15 is 0 Å². The number of carbonyl (C=O) groups excluding carboxylic acids is 2. The Morgan fingerprint density at radius 1 is 1.36 bits per heavy atom. The van der Waals surface area contributed by atoms with Gasteiger partial charge in [0, 0.05) is 26.2 Å². The fraction of sp³-hybridized carbons (Fsp3) is 0.214. The maximum absolute atomic E-state index is 12.5. The molecule has 114 valence electrons. The number of furan rings is 1. The minimum absolute atomic E-state index is 0.156. The van der Waals surface area contributed by atoms with Crippen molar-refractivity contribution in [1.29, 1.82) is 0 Å². The van der Waals surface area contributed by atoms with E-state index in [1.807, 2.05) is 0 Å². The number of rotatable bonds is 3. The van der Waals surface area contributed by atoms with Crippen LogP contribution in [0.4, 0.5) is 5.69 Å². The number of carbonyl (C=O) groups is 2. The van der Waals surface area contributed by atoms with Gasteiger partial charge in [-0.2, -0.15) is 5.10 Å². The van der Waals surface area contributed by atoms with Crippen LogP contribution in [0.5, 0.6) is 0 Å². The van der Waals surface area contributed by atoms with Crippen molar-refractivity contribution in [3.05, 3.63) is 35.5 Å². The van der Waals surface area contributed by atoms with Gasteiger partial charge in [-0.1, -0.05) is 0 Å². The monoisotopic (exact) mass is 301 g/mol. The zero-order valence-electron chi connectivity index (χ0n) is 12.4. The first kappa shape index (κ1) is 13.9. The number of fused-ring (bicyclic) bond motifs is 1. The minimum Gasteiger partial charge on any atom is -0.463 e. The Morgan fingerprint density at radius 3 is 2.73 bits per heavy atom. The lowest BCUT2D eigenvalue weighted by Gasteiger charge is -2.07. The smallest absolute Gasteiger partial charge is 0.272 e. The predicted molar refractivity (Wildman–Crippen MR) is 79.6 cm³/mol. The first-order chi connectivity index (χ1) is 10.4. The van der Waals surface area contributed by atoms with Gasteiger partial charge < -0.3 is 20.0 Å². The molecule has 0 saturated carbocycles. The van der Waals surface area contributed by atoms with E-state index in [-0.39, 0.29) is 11.6 Å². The van der Waals surface area contributed by atoms with Gasteiger partial charge in [-0.05, 0) is 6.92 Å². The minimum atomic E-state index is -0.654. The summed E-state index contributed by atoms with van der Waals surface area (Å²) in [6, 6.07) is 3.41. The van der Waals surface area contributed by atoms with E-state index < -0.39 is 5.91 Å². The number of amides is 2. The average Bonchev–Trinajstić information content (AvgIpc) is 3.07. The molecular weight excluding hydrogens is 286 g/mol. The van der Waals surface area contributed by atoms with Crippen molar-refractivity contribution in [2.75, 3.05) is 5.32 Å². The van der Waals surface area contributed by atoms with Crippen LogP contribution in [-0.2, 0) is 14.1 Å². The number of aromatic nitrogens is 3. The molecule has 3 N–H and O–H groups in total. The molecule has 0 aliphatic carbocycles. The summed E-state index contributed by atoms with van der Waals surface area (Å²) in [6.45, 7) is 1.69. The van der Waals surface area contributed by atoms with Gasteiger partial charge in [-0.3, -0.25) is 14.3 Å². The number of aryl methyl sites for hydroxylation is 3. The number of nitrogens with two attached hydrogens (primary N) is 1. The van der Waals surface area contributed by atoms with E-state index in [1.165, 1.54) is 4.68 Å². The number of hydrogen-bond acceptors (Lipinski definition) is 4. The molecule has 22 heavy (non-hydrogen) atoms. The second-order valence-electron chi connectivity index (χ2n) is 5.01. The molecule has 3 rings (SSSR count). The first-order valence-electron chi connectivity index (χ1n) is 6.57. The third-order valence-electron chi connectivity index (χ3n) is 3.59. The molecule has 0 aliphatic rings. The first-order valence-corrected chi connectivity index (χ1v) is 6.57. The fourth-order valence-electron chi connectivity index (χ4n) is 2.54. The third kappa shape index (κ3) is 1.96. The molecule has 0 fully saturated rings. The molecule has 3 aromatic heterocycles. The Kier molecular flexibility index (Phi) is 3.01. The maximum atomic E-state index is 12.5. The van der Waals surface area contributed by atoms with E-state index in [2.05, 4.69) is 10.4 Å². The molecule has 0 aliphatic heterocycles. The molecule has 0 radical (unpaired) electrons. The van der Waals surface area contributed by atoms with Crippen LogP contribution in [0.1, 0.15) is 26.7 Å². The zero-order chi connectivity index (χ0) is 16.0. The van der Waals surface area contributed by atoms with Gasteiger partial charge in [0.15, 0.2) is 5.58 Å². The van der Waals surface area contributed by atoms with E-state index in [1.54, 1.807) is 44.0 Å². The van der Waals surface area contributed by atoms with Crippen LogP contribution >= 0.6 is 0 Å². The summed E-state index contributed by atoms with van der Waals surface area (Å²) in [7, 11) is 3.36. The molecule has 0 bridgehead atoms. The van der Waals surface area contributed by atoms with Crippen LogP contribution in [0.3, 0.4) is 0 Å². The third-order valence-corrected chi connectivity index (χ3v) is 3.59. The summed E-state index contributed by atoms with van der Waals surface area (Å²) in [5, 5.41) is 6.81. The molecule has 0 aromatic carbocycles. The molecule has 8 nitrogen and oxygen atoms in total. The summed E-state index contributed by atoms with van der Waals surface area (Å²) in [5.74, 6) is -1.02. The molecule has 8 heteroatoms. The molecular formula is C14H15N5O3. The number of primary amides is 1. The molecule has 0 atom stereocenters. The van der Waals surface area contributed by atoms with Crippen molar-refractivity contribution in [3.63, 3.8) is 0 Å². The SMILES string of the molecule is Cc1nn(C)c(C(N)=O)c1NC(=O)c1cc2occc2n1C. The summed E-state index contributed by atoms with van der Waals surface area (Å²) in [6.07, 6.45) is 1.56. The van der Waals surface area contributed by atoms with Crippen LogP contribution < -0.4 is 11.1 Å². The number of nitrogens with one attached hydrogen (secondary N) is 1. The van der Waals surface area contributed by atoms with Crippen molar-refractivity contribution in [2.45, 2.75) is 6.92 Å². The van der Waals surface area contributed by atoms with Crippen molar-refractivity contribution in [2.24, 2.45) is 19.8 Å². The summed E-state index contributed by atoms with van der Waals surface area (Å²) < 4.78 is 8.34. The van der Waals surface area contributed by atoms with Gasteiger partial charge in [0.2, 0.25) is 0 Å². The Balaban J connectivity index is 2.00. The van der Waals surface area contributed by atoms with E-state index in [9.17, 15) is 9.59 Å². The standard InChI is InChI=1S/C14H15N5O3/c1-7-11(12(13(15)20)19(3)17-7)16-14(21)9-6-10-8(18(9)2)4-5-22-10/h4-6H,1-3H3,(H2,15,20)(H,16,21). The highest BCUT2D eigenvalue weighted by Crippen LogP contribution is 2.23. The molecule has 0 unspecified atom stereocenters. The normalized spacial score (nSPS) is 11.0. The van der Waals surface area contributed by atoms with Crippen LogP contribution in [0.25, 0.3) is 11.1 Å². The molecule has 0 spiro atoms. The molecule has 3 heterocycles. The lowest BCUT2D eigenvalue weighted by atomic mass is 10.2. The average molecular weight is 301 g/mol. The lowest BCUT2D eigenvalue weighted by Crippen LogP contribution is -2.21. The van der Waals surface area contributed by atoms with Crippen molar-refractivity contribution < 1.29 is 14.0 Å². The molecule has 0 saturated heterocycles. The highest BCUT2D eigenvalue weighted by atomic mass is 16.3. The highest BCUT2D eigenvalue weighted by Gasteiger charge is 2.22.